The molecular formula is C38H28ClF3N4. The molecule has 4 aromatic heterocycles. The number of nitrogens with zero attached hydrogens (tertiary/aromatic N) is 4. The highest BCUT2D eigenvalue weighted by Crippen LogP contribution is 2.47. The van der Waals surface area contributed by atoms with Gasteiger partial charge in [0, 0.05) is 5.56 Å². The van der Waals surface area contributed by atoms with Crippen molar-refractivity contribution < 1.29 is 13.2 Å². The van der Waals surface area contributed by atoms with Crippen LogP contribution in [0.4, 0.5) is 13.2 Å². The second kappa shape index (κ2) is 12.5. The summed E-state index contributed by atoms with van der Waals surface area (Å²) in [6.07, 6.45) is 4.43. The lowest BCUT2D eigenvalue weighted by atomic mass is 9.68. The molecule has 6 aromatic rings. The number of aromatic nitrogens is 4. The maximum atomic E-state index is 15.2. The van der Waals surface area contributed by atoms with Gasteiger partial charge in [-0.2, -0.15) is 18.2 Å². The van der Waals surface area contributed by atoms with Gasteiger partial charge in [-0.25, -0.2) is 4.98 Å². The van der Waals surface area contributed by atoms with Crippen LogP contribution in [0.15, 0.2) is 109 Å². The molecule has 1 aliphatic carbocycles. The van der Waals surface area contributed by atoms with Gasteiger partial charge in [0.05, 0.1) is 33.8 Å². The van der Waals surface area contributed by atoms with E-state index in [-0.39, 0.29) is 10.7 Å². The SMILES string of the molecule is Fc1ccc(-c2cc(-c3ccccc3)cc(C3(c4cc(-c5ccccc5)cc(-c5ccc(F)nc5Cl)n4)CCCCC3)n2)c(F)n1. The number of hydrogen-bond acceptors (Lipinski definition) is 4. The molecule has 0 unspecified atom stereocenters. The predicted octanol–water partition coefficient (Wildman–Crippen LogP) is 10.3. The second-order valence-electron chi connectivity index (χ2n) is 11.6. The van der Waals surface area contributed by atoms with E-state index in [9.17, 15) is 8.78 Å². The van der Waals surface area contributed by atoms with Crippen LogP contribution in [0.3, 0.4) is 0 Å². The fourth-order valence-electron chi connectivity index (χ4n) is 6.43. The van der Waals surface area contributed by atoms with E-state index in [0.717, 1.165) is 71.8 Å². The fourth-order valence-corrected chi connectivity index (χ4v) is 6.67. The highest BCUT2D eigenvalue weighted by molar-refractivity contribution is 6.32. The Balaban J connectivity index is 1.50. The number of pyridine rings is 4. The smallest absolute Gasteiger partial charge is 0.224 e. The standard InChI is InChI=1S/C38H28ClF3N4/c39-36-28(14-16-34(40)45-36)30-20-26(24-10-4-1-5-11-24)22-32(43-30)38(18-8-3-9-19-38)33-23-27(25-12-6-2-7-13-25)21-31(44-33)29-15-17-35(41)46-37(29)42/h1-2,4-7,10-17,20-23H,3,8-9,18-19H2. The average molecular weight is 633 g/mol. The van der Waals surface area contributed by atoms with E-state index < -0.39 is 23.3 Å². The summed E-state index contributed by atoms with van der Waals surface area (Å²) in [5.74, 6) is -2.49. The Labute approximate surface area is 270 Å². The van der Waals surface area contributed by atoms with Crippen molar-refractivity contribution in [1.82, 2.24) is 19.9 Å². The molecule has 4 heterocycles. The largest absolute Gasteiger partial charge is 0.252 e. The first-order valence-corrected chi connectivity index (χ1v) is 15.6. The van der Waals surface area contributed by atoms with Crippen LogP contribution in [0.1, 0.15) is 43.5 Å². The third kappa shape index (κ3) is 5.79. The molecule has 0 saturated heterocycles. The second-order valence-corrected chi connectivity index (χ2v) is 11.9. The van der Waals surface area contributed by atoms with E-state index in [2.05, 4.69) is 22.1 Å². The quantitative estimate of drug-likeness (QED) is 0.171. The lowest BCUT2D eigenvalue weighted by Gasteiger charge is -2.37. The van der Waals surface area contributed by atoms with E-state index in [1.54, 1.807) is 6.07 Å². The van der Waals surface area contributed by atoms with Gasteiger partial charge in [0.1, 0.15) is 5.15 Å². The van der Waals surface area contributed by atoms with E-state index >= 15 is 4.39 Å². The van der Waals surface area contributed by atoms with Crippen LogP contribution in [0.2, 0.25) is 5.15 Å². The van der Waals surface area contributed by atoms with Gasteiger partial charge in [-0.05, 0) is 83.6 Å². The molecule has 8 heteroatoms. The lowest BCUT2D eigenvalue weighted by molar-refractivity contribution is 0.332. The van der Waals surface area contributed by atoms with Gasteiger partial charge in [-0.15, -0.1) is 0 Å². The molecule has 0 amide bonds. The predicted molar refractivity (Wildman–Crippen MR) is 175 cm³/mol. The van der Waals surface area contributed by atoms with Gasteiger partial charge in [-0.1, -0.05) is 91.5 Å². The van der Waals surface area contributed by atoms with Crippen LogP contribution >= 0.6 is 11.6 Å². The van der Waals surface area contributed by atoms with Gasteiger partial charge >= 0.3 is 0 Å². The summed E-state index contributed by atoms with van der Waals surface area (Å²) >= 11 is 6.48. The summed E-state index contributed by atoms with van der Waals surface area (Å²) in [5.41, 5.74) is 6.09. The Morgan fingerprint density at radius 2 is 1.00 bits per heavy atom. The maximum absolute atomic E-state index is 15.2. The molecule has 228 valence electrons. The molecule has 1 fully saturated rings. The number of benzene rings is 2. The minimum Gasteiger partial charge on any atom is -0.252 e. The monoisotopic (exact) mass is 632 g/mol. The Morgan fingerprint density at radius 1 is 0.500 bits per heavy atom. The Morgan fingerprint density at radius 3 is 1.52 bits per heavy atom. The molecule has 0 aliphatic heterocycles. The zero-order chi connectivity index (χ0) is 31.7. The van der Waals surface area contributed by atoms with Gasteiger partial charge in [0.2, 0.25) is 17.8 Å². The zero-order valence-corrected chi connectivity index (χ0v) is 25.5. The van der Waals surface area contributed by atoms with Crippen molar-refractivity contribution in [1.29, 1.82) is 0 Å². The van der Waals surface area contributed by atoms with Crippen molar-refractivity contribution in [2.45, 2.75) is 37.5 Å². The van der Waals surface area contributed by atoms with Crippen LogP contribution in [0.5, 0.6) is 0 Å². The van der Waals surface area contributed by atoms with Crippen molar-refractivity contribution in [3.63, 3.8) is 0 Å². The van der Waals surface area contributed by atoms with Crippen molar-refractivity contribution >= 4 is 11.6 Å². The Bertz CT molecular complexity index is 1890. The first kappa shape index (κ1) is 29.8. The molecule has 46 heavy (non-hydrogen) atoms. The molecule has 0 N–H and O–H groups in total. The zero-order valence-electron chi connectivity index (χ0n) is 24.7. The molecule has 0 bridgehead atoms. The maximum Gasteiger partial charge on any atom is 0.224 e. The summed E-state index contributed by atoms with van der Waals surface area (Å²) < 4.78 is 43.0. The minimum atomic E-state index is -0.925. The normalized spacial score (nSPS) is 14.3. The first-order chi connectivity index (χ1) is 22.4. The Hall–Kier alpha value is -4.88. The topological polar surface area (TPSA) is 51.6 Å². The highest BCUT2D eigenvalue weighted by Gasteiger charge is 2.40. The van der Waals surface area contributed by atoms with Crippen LogP contribution in [0, 0.1) is 17.8 Å². The van der Waals surface area contributed by atoms with E-state index in [4.69, 9.17) is 21.6 Å². The van der Waals surface area contributed by atoms with Crippen LogP contribution in [-0.2, 0) is 5.41 Å². The van der Waals surface area contributed by atoms with Crippen LogP contribution in [0.25, 0.3) is 44.8 Å². The lowest BCUT2D eigenvalue weighted by Crippen LogP contribution is -2.33. The van der Waals surface area contributed by atoms with E-state index in [1.807, 2.05) is 72.8 Å². The van der Waals surface area contributed by atoms with Gasteiger partial charge in [0.25, 0.3) is 0 Å². The van der Waals surface area contributed by atoms with Gasteiger partial charge in [-0.3, -0.25) is 9.97 Å². The fraction of sp³-hybridized carbons (Fsp3) is 0.158. The van der Waals surface area contributed by atoms with Crippen LogP contribution < -0.4 is 0 Å². The minimum absolute atomic E-state index is 0.0205. The molecule has 0 radical (unpaired) electrons. The third-order valence-electron chi connectivity index (χ3n) is 8.73. The van der Waals surface area contributed by atoms with Crippen molar-refractivity contribution in [3.05, 3.63) is 144 Å². The summed E-state index contributed by atoms with van der Waals surface area (Å²) in [7, 11) is 0. The van der Waals surface area contributed by atoms with Crippen molar-refractivity contribution in [3.8, 4) is 44.8 Å². The van der Waals surface area contributed by atoms with Gasteiger partial charge < -0.3 is 0 Å². The van der Waals surface area contributed by atoms with Gasteiger partial charge in [0.15, 0.2) is 0 Å². The first-order valence-electron chi connectivity index (χ1n) is 15.2. The van der Waals surface area contributed by atoms with Crippen molar-refractivity contribution in [2.24, 2.45) is 0 Å². The summed E-state index contributed by atoms with van der Waals surface area (Å²) in [6, 6.07) is 33.1. The molecule has 7 rings (SSSR count). The van der Waals surface area contributed by atoms with Crippen LogP contribution in [-0.4, -0.2) is 19.9 Å². The molecule has 2 aromatic carbocycles. The molecule has 0 atom stereocenters. The summed E-state index contributed by atoms with van der Waals surface area (Å²) in [6.45, 7) is 0. The molecule has 0 spiro atoms. The van der Waals surface area contributed by atoms with E-state index in [0.29, 0.717) is 17.0 Å². The summed E-state index contributed by atoms with van der Waals surface area (Å²) in [4.78, 5) is 17.6. The number of hydrogen-bond donors (Lipinski definition) is 0. The van der Waals surface area contributed by atoms with E-state index in [1.165, 1.54) is 12.1 Å². The molecular weight excluding hydrogens is 605 g/mol. The van der Waals surface area contributed by atoms with Crippen molar-refractivity contribution in [2.75, 3.05) is 0 Å². The number of halogens is 4. The molecule has 1 aliphatic rings. The number of rotatable bonds is 6. The summed E-state index contributed by atoms with van der Waals surface area (Å²) in [5, 5.41) is 0.0205. The third-order valence-corrected chi connectivity index (χ3v) is 9.02. The Kier molecular flexibility index (Phi) is 8.09. The highest BCUT2D eigenvalue weighted by atomic mass is 35.5. The average Bonchev–Trinajstić information content (AvgIpc) is 3.09. The molecule has 1 saturated carbocycles. The molecule has 4 nitrogen and oxygen atoms in total.